The van der Waals surface area contributed by atoms with Crippen LogP contribution in [-0.4, -0.2) is 32.5 Å². The van der Waals surface area contributed by atoms with Crippen molar-refractivity contribution in [2.24, 2.45) is 16.9 Å². The molecule has 1 unspecified atom stereocenters. The van der Waals surface area contributed by atoms with Gasteiger partial charge >= 0.3 is 0 Å². The molecule has 1 rings (SSSR count). The molecular formula is C9H20N2O2S. The Bertz CT molecular complexity index is 283. The molecule has 0 amide bonds. The van der Waals surface area contributed by atoms with Crippen LogP contribution in [0.25, 0.3) is 0 Å². The quantitative estimate of drug-likeness (QED) is 0.691. The fourth-order valence-electron chi connectivity index (χ4n) is 2.15. The summed E-state index contributed by atoms with van der Waals surface area (Å²) in [7, 11) is -2.90. The number of hydrogen-bond acceptors (Lipinski definition) is 4. The van der Waals surface area contributed by atoms with Crippen LogP contribution < -0.4 is 11.5 Å². The zero-order valence-corrected chi connectivity index (χ0v) is 9.52. The van der Waals surface area contributed by atoms with E-state index in [1.54, 1.807) is 6.92 Å². The van der Waals surface area contributed by atoms with Crippen LogP contribution in [0.4, 0.5) is 0 Å². The molecule has 0 aromatic rings. The maximum absolute atomic E-state index is 11.6. The second-order valence-electron chi connectivity index (χ2n) is 4.22. The SMILES string of the molecule is CCS(=O)(=O)C1CCC(CN)(CN)C1. The fourth-order valence-corrected chi connectivity index (χ4v) is 3.71. The molecule has 1 aliphatic rings. The van der Waals surface area contributed by atoms with Crippen molar-refractivity contribution in [3.8, 4) is 0 Å². The van der Waals surface area contributed by atoms with Gasteiger partial charge in [0.05, 0.1) is 5.25 Å². The molecule has 0 aromatic heterocycles. The second kappa shape index (κ2) is 4.16. The molecule has 1 fully saturated rings. The van der Waals surface area contributed by atoms with Gasteiger partial charge in [-0.15, -0.1) is 0 Å². The molecular weight excluding hydrogens is 200 g/mol. The highest BCUT2D eigenvalue weighted by Gasteiger charge is 2.41. The van der Waals surface area contributed by atoms with E-state index in [1.165, 1.54) is 0 Å². The van der Waals surface area contributed by atoms with E-state index in [-0.39, 0.29) is 16.4 Å². The maximum atomic E-state index is 11.6. The van der Waals surface area contributed by atoms with Crippen LogP contribution in [0.15, 0.2) is 0 Å². The van der Waals surface area contributed by atoms with Crippen LogP contribution in [-0.2, 0) is 9.84 Å². The van der Waals surface area contributed by atoms with E-state index in [1.807, 2.05) is 0 Å². The van der Waals surface area contributed by atoms with Crippen molar-refractivity contribution in [1.82, 2.24) is 0 Å². The highest BCUT2D eigenvalue weighted by atomic mass is 32.2. The van der Waals surface area contributed by atoms with Gasteiger partial charge in [-0.05, 0) is 37.8 Å². The third-order valence-corrected chi connectivity index (χ3v) is 5.66. The summed E-state index contributed by atoms with van der Waals surface area (Å²) in [5.74, 6) is 0.225. The van der Waals surface area contributed by atoms with Gasteiger partial charge in [0.2, 0.25) is 0 Å². The van der Waals surface area contributed by atoms with E-state index >= 15 is 0 Å². The van der Waals surface area contributed by atoms with E-state index in [0.717, 1.165) is 12.8 Å². The molecule has 84 valence electrons. The summed E-state index contributed by atoms with van der Waals surface area (Å²) < 4.78 is 23.3. The second-order valence-corrected chi connectivity index (χ2v) is 6.79. The third kappa shape index (κ3) is 2.10. The molecule has 0 aromatic carbocycles. The Balaban J connectivity index is 2.74. The highest BCUT2D eigenvalue weighted by Crippen LogP contribution is 2.39. The topological polar surface area (TPSA) is 86.2 Å². The Morgan fingerprint density at radius 2 is 1.93 bits per heavy atom. The first-order valence-electron chi connectivity index (χ1n) is 5.11. The lowest BCUT2D eigenvalue weighted by Crippen LogP contribution is -2.36. The number of rotatable bonds is 4. The lowest BCUT2D eigenvalue weighted by molar-refractivity contribution is 0.321. The Hall–Kier alpha value is -0.130. The molecule has 4 N–H and O–H groups in total. The number of hydrogen-bond donors (Lipinski definition) is 2. The normalized spacial score (nSPS) is 26.6. The standard InChI is InChI=1S/C9H20N2O2S/c1-2-14(12,13)8-3-4-9(5-8,6-10)7-11/h8H,2-7,10-11H2,1H3. The summed E-state index contributed by atoms with van der Waals surface area (Å²) in [5.41, 5.74) is 11.2. The lowest BCUT2D eigenvalue weighted by Gasteiger charge is -2.25. The van der Waals surface area contributed by atoms with Crippen LogP contribution >= 0.6 is 0 Å². The summed E-state index contributed by atoms with van der Waals surface area (Å²) in [6.07, 6.45) is 2.23. The smallest absolute Gasteiger partial charge is 0.152 e. The van der Waals surface area contributed by atoms with E-state index in [2.05, 4.69) is 0 Å². The number of sulfone groups is 1. The van der Waals surface area contributed by atoms with Gasteiger partial charge < -0.3 is 11.5 Å². The van der Waals surface area contributed by atoms with Gasteiger partial charge in [-0.25, -0.2) is 8.42 Å². The Kier molecular flexibility index (Phi) is 3.55. The fraction of sp³-hybridized carbons (Fsp3) is 1.00. The predicted octanol–water partition coefficient (Wildman–Crippen LogP) is -0.123. The first-order valence-corrected chi connectivity index (χ1v) is 6.83. The first-order chi connectivity index (χ1) is 6.49. The van der Waals surface area contributed by atoms with E-state index in [0.29, 0.717) is 19.5 Å². The van der Waals surface area contributed by atoms with E-state index < -0.39 is 9.84 Å². The van der Waals surface area contributed by atoms with Gasteiger partial charge in [0, 0.05) is 5.75 Å². The molecule has 0 radical (unpaired) electrons. The van der Waals surface area contributed by atoms with Crippen molar-refractivity contribution in [1.29, 1.82) is 0 Å². The van der Waals surface area contributed by atoms with Crippen molar-refractivity contribution in [3.05, 3.63) is 0 Å². The lowest BCUT2D eigenvalue weighted by atomic mass is 9.87. The van der Waals surface area contributed by atoms with Crippen LogP contribution in [0.3, 0.4) is 0 Å². The third-order valence-electron chi connectivity index (χ3n) is 3.43. The van der Waals surface area contributed by atoms with Crippen molar-refractivity contribution >= 4 is 9.84 Å². The van der Waals surface area contributed by atoms with Crippen molar-refractivity contribution < 1.29 is 8.42 Å². The van der Waals surface area contributed by atoms with Crippen LogP contribution in [0.5, 0.6) is 0 Å². The van der Waals surface area contributed by atoms with Crippen LogP contribution in [0.2, 0.25) is 0 Å². The predicted molar refractivity (Wildman–Crippen MR) is 57.6 cm³/mol. The maximum Gasteiger partial charge on any atom is 0.152 e. The summed E-state index contributed by atoms with van der Waals surface area (Å²) in [5, 5.41) is -0.209. The molecule has 4 nitrogen and oxygen atoms in total. The minimum Gasteiger partial charge on any atom is -0.330 e. The first kappa shape index (κ1) is 11.9. The van der Waals surface area contributed by atoms with Crippen molar-refractivity contribution in [2.45, 2.75) is 31.4 Å². The van der Waals surface area contributed by atoms with E-state index in [9.17, 15) is 8.42 Å². The summed E-state index contributed by atoms with van der Waals surface area (Å²) in [4.78, 5) is 0. The number of nitrogens with two attached hydrogens (primary N) is 2. The molecule has 14 heavy (non-hydrogen) atoms. The zero-order valence-electron chi connectivity index (χ0n) is 8.70. The van der Waals surface area contributed by atoms with E-state index in [4.69, 9.17) is 11.5 Å². The minimum atomic E-state index is -2.90. The average molecular weight is 220 g/mol. The van der Waals surface area contributed by atoms with Gasteiger partial charge in [0.25, 0.3) is 0 Å². The van der Waals surface area contributed by atoms with Gasteiger partial charge in [0.15, 0.2) is 9.84 Å². The zero-order chi connectivity index (χ0) is 10.8. The monoisotopic (exact) mass is 220 g/mol. The molecule has 1 saturated carbocycles. The molecule has 5 heteroatoms. The molecule has 0 heterocycles. The van der Waals surface area contributed by atoms with Gasteiger partial charge in [0.1, 0.15) is 0 Å². The Morgan fingerprint density at radius 1 is 1.36 bits per heavy atom. The summed E-state index contributed by atoms with van der Waals surface area (Å²) >= 11 is 0. The van der Waals surface area contributed by atoms with Gasteiger partial charge in [-0.3, -0.25) is 0 Å². The highest BCUT2D eigenvalue weighted by molar-refractivity contribution is 7.92. The minimum absolute atomic E-state index is 0.118. The van der Waals surface area contributed by atoms with Crippen LogP contribution in [0, 0.1) is 5.41 Å². The molecule has 1 atom stereocenters. The molecule has 0 bridgehead atoms. The molecule has 0 saturated heterocycles. The van der Waals surface area contributed by atoms with Crippen molar-refractivity contribution in [3.63, 3.8) is 0 Å². The van der Waals surface area contributed by atoms with Gasteiger partial charge in [-0.1, -0.05) is 6.92 Å². The molecule has 0 spiro atoms. The van der Waals surface area contributed by atoms with Crippen molar-refractivity contribution in [2.75, 3.05) is 18.8 Å². The average Bonchev–Trinajstić information content (AvgIpc) is 2.63. The van der Waals surface area contributed by atoms with Crippen LogP contribution in [0.1, 0.15) is 26.2 Å². The summed E-state index contributed by atoms with van der Waals surface area (Å²) in [6, 6.07) is 0. The summed E-state index contributed by atoms with van der Waals surface area (Å²) in [6.45, 7) is 2.69. The largest absolute Gasteiger partial charge is 0.330 e. The molecule has 1 aliphatic carbocycles. The molecule has 0 aliphatic heterocycles. The van der Waals surface area contributed by atoms with Gasteiger partial charge in [-0.2, -0.15) is 0 Å². The Morgan fingerprint density at radius 3 is 2.29 bits per heavy atom. The Labute approximate surface area is 86.0 Å².